The molecule has 2 aromatic rings. The molecule has 0 amide bonds. The van der Waals surface area contributed by atoms with E-state index in [1.807, 2.05) is 0 Å². The van der Waals surface area contributed by atoms with E-state index in [0.717, 1.165) is 6.07 Å². The average Bonchev–Trinajstić information content (AvgIpc) is 2.35. The molecule has 0 heterocycles. The minimum absolute atomic E-state index is 0.0901. The van der Waals surface area contributed by atoms with Crippen LogP contribution >= 0.6 is 0 Å². The molecule has 0 radical (unpaired) electrons. The van der Waals surface area contributed by atoms with Gasteiger partial charge < -0.3 is 15.3 Å². The lowest BCUT2D eigenvalue weighted by molar-refractivity contribution is 0.0651. The molecule has 0 saturated heterocycles. The Hall–Kier alpha value is -2.89. The topological polar surface area (TPSA) is 112 Å². The Labute approximate surface area is 106 Å². The zero-order valence-electron chi connectivity index (χ0n) is 9.45. The first kappa shape index (κ1) is 12.6. The lowest BCUT2D eigenvalue weighted by Crippen LogP contribution is -2.12. The highest BCUT2D eigenvalue weighted by molar-refractivity contribution is 6.16. The molecule has 0 aliphatic heterocycles. The van der Waals surface area contributed by atoms with Crippen LogP contribution < -0.4 is 0 Å². The monoisotopic (exact) mass is 260 g/mol. The predicted molar refractivity (Wildman–Crippen MR) is 64.8 cm³/mol. The van der Waals surface area contributed by atoms with E-state index in [1.165, 1.54) is 18.2 Å². The molecule has 19 heavy (non-hydrogen) atoms. The van der Waals surface area contributed by atoms with Gasteiger partial charge in [0.25, 0.3) is 0 Å². The Morgan fingerprint density at radius 1 is 0.737 bits per heavy atom. The summed E-state index contributed by atoms with van der Waals surface area (Å²) in [5, 5.41) is 27.5. The molecule has 0 aromatic heterocycles. The van der Waals surface area contributed by atoms with E-state index in [9.17, 15) is 14.4 Å². The first-order valence-electron chi connectivity index (χ1n) is 5.19. The van der Waals surface area contributed by atoms with Gasteiger partial charge in [0.1, 0.15) is 0 Å². The number of hydrogen-bond acceptors (Lipinski definition) is 3. The van der Waals surface area contributed by atoms with Crippen molar-refractivity contribution in [2.75, 3.05) is 0 Å². The number of hydrogen-bond donors (Lipinski definition) is 3. The van der Waals surface area contributed by atoms with Crippen molar-refractivity contribution < 1.29 is 29.7 Å². The number of benzene rings is 2. The molecule has 0 spiro atoms. The first-order chi connectivity index (χ1) is 8.93. The normalized spacial score (nSPS) is 10.3. The molecule has 0 unspecified atom stereocenters. The van der Waals surface area contributed by atoms with Crippen LogP contribution in [-0.2, 0) is 0 Å². The highest BCUT2D eigenvalue weighted by Crippen LogP contribution is 2.26. The highest BCUT2D eigenvalue weighted by Gasteiger charge is 2.23. The summed E-state index contributed by atoms with van der Waals surface area (Å²) in [5.74, 6) is -4.20. The van der Waals surface area contributed by atoms with Crippen LogP contribution in [0.5, 0.6) is 0 Å². The Balaban J connectivity index is 3.03. The van der Waals surface area contributed by atoms with Crippen molar-refractivity contribution in [3.63, 3.8) is 0 Å². The first-order valence-corrected chi connectivity index (χ1v) is 5.19. The van der Waals surface area contributed by atoms with Crippen LogP contribution in [0.25, 0.3) is 10.8 Å². The number of aromatic carboxylic acids is 3. The second kappa shape index (κ2) is 4.41. The average molecular weight is 260 g/mol. The molecule has 0 aliphatic rings. The number of carboxylic acids is 3. The largest absolute Gasteiger partial charge is 0.478 e. The molecule has 0 saturated carbocycles. The van der Waals surface area contributed by atoms with Gasteiger partial charge in [0.05, 0.1) is 16.7 Å². The van der Waals surface area contributed by atoms with E-state index in [-0.39, 0.29) is 16.3 Å². The van der Waals surface area contributed by atoms with Crippen molar-refractivity contribution in [1.29, 1.82) is 0 Å². The zero-order chi connectivity index (χ0) is 14.2. The van der Waals surface area contributed by atoms with Gasteiger partial charge in [-0.2, -0.15) is 0 Å². The second-order valence-corrected chi connectivity index (χ2v) is 3.81. The van der Waals surface area contributed by atoms with E-state index in [0.29, 0.717) is 0 Å². The van der Waals surface area contributed by atoms with Gasteiger partial charge in [-0.05, 0) is 16.8 Å². The number of carboxylic acid groups (broad SMARTS) is 3. The van der Waals surface area contributed by atoms with E-state index < -0.39 is 29.0 Å². The van der Waals surface area contributed by atoms with E-state index >= 15 is 0 Å². The number of carbonyl (C=O) groups is 3. The number of fused-ring (bicyclic) bond motifs is 1. The van der Waals surface area contributed by atoms with Crippen LogP contribution in [0.1, 0.15) is 31.1 Å². The maximum absolute atomic E-state index is 11.2. The fourth-order valence-corrected chi connectivity index (χ4v) is 1.95. The molecule has 3 N–H and O–H groups in total. The fourth-order valence-electron chi connectivity index (χ4n) is 1.95. The summed E-state index contributed by atoms with van der Waals surface area (Å²) in [4.78, 5) is 33.4. The standard InChI is InChI=1S/C13H8O6/c14-11(15)8-5-9(12(16)17)10(13(18)19)7-4-2-1-3-6(7)8/h1-5H,(H,14,15)(H,16,17)(H,18,19). The van der Waals surface area contributed by atoms with Gasteiger partial charge in [0.2, 0.25) is 0 Å². The van der Waals surface area contributed by atoms with Crippen LogP contribution in [-0.4, -0.2) is 33.2 Å². The Bertz CT molecular complexity index is 716. The summed E-state index contributed by atoms with van der Waals surface area (Å²) in [6, 6.07) is 6.78. The van der Waals surface area contributed by atoms with Crippen LogP contribution in [0.4, 0.5) is 0 Å². The molecule has 6 heteroatoms. The maximum Gasteiger partial charge on any atom is 0.337 e. The van der Waals surface area contributed by atoms with Gasteiger partial charge in [-0.15, -0.1) is 0 Å². The van der Waals surface area contributed by atoms with Gasteiger partial charge in [0, 0.05) is 0 Å². The van der Waals surface area contributed by atoms with Gasteiger partial charge >= 0.3 is 17.9 Å². The Morgan fingerprint density at radius 2 is 1.26 bits per heavy atom. The molecule has 0 aliphatic carbocycles. The van der Waals surface area contributed by atoms with Crippen molar-refractivity contribution in [1.82, 2.24) is 0 Å². The molecular formula is C13H8O6. The van der Waals surface area contributed by atoms with Crippen molar-refractivity contribution >= 4 is 28.7 Å². The summed E-state index contributed by atoms with van der Waals surface area (Å²) in [6.45, 7) is 0. The van der Waals surface area contributed by atoms with Gasteiger partial charge in [0.15, 0.2) is 0 Å². The quantitative estimate of drug-likeness (QED) is 0.777. The minimum atomic E-state index is -1.48. The summed E-state index contributed by atoms with van der Waals surface area (Å²) in [6.07, 6.45) is 0. The SMILES string of the molecule is O=C(O)c1cc(C(=O)O)c2ccccc2c1C(=O)O. The summed E-state index contributed by atoms with van der Waals surface area (Å²) in [5.41, 5.74) is -1.19. The van der Waals surface area contributed by atoms with Crippen molar-refractivity contribution in [2.24, 2.45) is 0 Å². The van der Waals surface area contributed by atoms with Crippen LogP contribution in [0.2, 0.25) is 0 Å². The highest BCUT2D eigenvalue weighted by atomic mass is 16.4. The van der Waals surface area contributed by atoms with Crippen molar-refractivity contribution in [3.05, 3.63) is 47.0 Å². The molecule has 2 aromatic carbocycles. The molecule has 6 nitrogen and oxygen atoms in total. The molecular weight excluding hydrogens is 252 g/mol. The van der Waals surface area contributed by atoms with E-state index in [2.05, 4.69) is 0 Å². The molecule has 0 bridgehead atoms. The minimum Gasteiger partial charge on any atom is -0.478 e. The Morgan fingerprint density at radius 3 is 1.74 bits per heavy atom. The second-order valence-electron chi connectivity index (χ2n) is 3.81. The third-order valence-corrected chi connectivity index (χ3v) is 2.72. The zero-order valence-corrected chi connectivity index (χ0v) is 9.45. The third-order valence-electron chi connectivity index (χ3n) is 2.72. The molecule has 2 rings (SSSR count). The molecule has 96 valence electrons. The summed E-state index contributed by atoms with van der Waals surface area (Å²) in [7, 11) is 0. The van der Waals surface area contributed by atoms with Crippen LogP contribution in [0.15, 0.2) is 30.3 Å². The van der Waals surface area contributed by atoms with Crippen LogP contribution in [0, 0.1) is 0 Å². The smallest absolute Gasteiger partial charge is 0.337 e. The summed E-state index contributed by atoms with van der Waals surface area (Å²) < 4.78 is 0. The van der Waals surface area contributed by atoms with Crippen LogP contribution in [0.3, 0.4) is 0 Å². The van der Waals surface area contributed by atoms with Gasteiger partial charge in [-0.1, -0.05) is 24.3 Å². The maximum atomic E-state index is 11.2. The number of rotatable bonds is 3. The van der Waals surface area contributed by atoms with Gasteiger partial charge in [-0.3, -0.25) is 0 Å². The van der Waals surface area contributed by atoms with E-state index in [1.54, 1.807) is 6.07 Å². The fraction of sp³-hybridized carbons (Fsp3) is 0. The predicted octanol–water partition coefficient (Wildman–Crippen LogP) is 1.93. The third kappa shape index (κ3) is 1.99. The van der Waals surface area contributed by atoms with Crippen molar-refractivity contribution in [3.8, 4) is 0 Å². The lowest BCUT2D eigenvalue weighted by atomic mass is 9.94. The Kier molecular flexibility index (Phi) is 2.92. The van der Waals surface area contributed by atoms with Gasteiger partial charge in [-0.25, -0.2) is 14.4 Å². The lowest BCUT2D eigenvalue weighted by Gasteiger charge is -2.09. The van der Waals surface area contributed by atoms with E-state index in [4.69, 9.17) is 15.3 Å². The van der Waals surface area contributed by atoms with Crippen molar-refractivity contribution in [2.45, 2.75) is 0 Å². The molecule has 0 atom stereocenters. The summed E-state index contributed by atoms with van der Waals surface area (Å²) >= 11 is 0. The molecule has 0 fully saturated rings.